The van der Waals surface area contributed by atoms with Crippen LogP contribution in [0.1, 0.15) is 43.6 Å². The van der Waals surface area contributed by atoms with Gasteiger partial charge in [0.05, 0.1) is 5.60 Å². The molecule has 0 aromatic heterocycles. The van der Waals surface area contributed by atoms with E-state index in [0.717, 1.165) is 37.8 Å². The van der Waals surface area contributed by atoms with Gasteiger partial charge in [-0.05, 0) is 44.6 Å². The fourth-order valence-corrected chi connectivity index (χ4v) is 3.31. The van der Waals surface area contributed by atoms with Crippen molar-refractivity contribution >= 4 is 11.9 Å². The number of carboxylic acids is 2. The number of carboxylic acid groups (broad SMARTS) is 2. The van der Waals surface area contributed by atoms with Crippen molar-refractivity contribution in [3.8, 4) is 5.75 Å². The molecule has 8 heteroatoms. The molecule has 0 aliphatic heterocycles. The Morgan fingerprint density at radius 2 is 1.50 bits per heavy atom. The minimum Gasteiger partial charge on any atom is -0.508 e. The van der Waals surface area contributed by atoms with Crippen molar-refractivity contribution in [3.05, 3.63) is 42.0 Å². The van der Waals surface area contributed by atoms with E-state index in [-0.39, 0.29) is 17.1 Å². The van der Waals surface area contributed by atoms with Gasteiger partial charge in [-0.2, -0.15) is 0 Å². The van der Waals surface area contributed by atoms with Gasteiger partial charge in [-0.25, -0.2) is 9.59 Å². The zero-order chi connectivity index (χ0) is 20.4. The summed E-state index contributed by atoms with van der Waals surface area (Å²) in [6, 6.07) is 7.31. The first-order valence-corrected chi connectivity index (χ1v) is 8.94. The van der Waals surface area contributed by atoms with Crippen molar-refractivity contribution in [2.45, 2.75) is 43.6 Å². The molecular formula is C20H31NO7. The van der Waals surface area contributed by atoms with E-state index in [1.807, 2.05) is 26.2 Å². The number of likely N-dealkylation sites (N-methyl/N-ethyl adjacent to an activating group) is 1. The highest BCUT2D eigenvalue weighted by molar-refractivity contribution is 5.89. The third kappa shape index (κ3) is 8.98. The number of aromatic hydroxyl groups is 1. The van der Waals surface area contributed by atoms with Gasteiger partial charge in [-0.3, -0.25) is 0 Å². The summed E-state index contributed by atoms with van der Waals surface area (Å²) >= 11 is 0. The van der Waals surface area contributed by atoms with Crippen LogP contribution in [0.25, 0.3) is 0 Å². The van der Waals surface area contributed by atoms with E-state index < -0.39 is 17.5 Å². The fraction of sp³-hybridized carbons (Fsp3) is 0.500. The summed E-state index contributed by atoms with van der Waals surface area (Å²) in [7, 11) is 4.08. The summed E-state index contributed by atoms with van der Waals surface area (Å²) in [6.45, 7) is 0.835. The van der Waals surface area contributed by atoms with Gasteiger partial charge in [-0.15, -0.1) is 0 Å². The number of carbonyl (C=O) groups is 2. The van der Waals surface area contributed by atoms with Crippen molar-refractivity contribution in [2.75, 3.05) is 20.6 Å². The van der Waals surface area contributed by atoms with Gasteiger partial charge in [0.15, 0.2) is 0 Å². The zero-order valence-electron chi connectivity index (χ0n) is 16.3. The molecule has 1 saturated carbocycles. The molecule has 8 nitrogen and oxygen atoms in total. The molecule has 2 rings (SSSR count). The quantitative estimate of drug-likeness (QED) is 0.533. The van der Waals surface area contributed by atoms with E-state index in [2.05, 4.69) is 4.90 Å². The van der Waals surface area contributed by atoms with E-state index in [1.165, 1.54) is 6.42 Å². The molecule has 6 N–H and O–H groups in total. The molecule has 28 heavy (non-hydrogen) atoms. The summed E-state index contributed by atoms with van der Waals surface area (Å²) in [5.74, 6) is -2.12. The number of aliphatic carboxylic acids is 2. The van der Waals surface area contributed by atoms with Crippen LogP contribution in [0.3, 0.4) is 0 Å². The van der Waals surface area contributed by atoms with Gasteiger partial charge in [0.1, 0.15) is 5.75 Å². The van der Waals surface area contributed by atoms with Crippen molar-refractivity contribution < 1.29 is 35.5 Å². The lowest BCUT2D eigenvalue weighted by Crippen LogP contribution is -2.42. The van der Waals surface area contributed by atoms with Crippen LogP contribution in [0, 0.1) is 0 Å². The van der Waals surface area contributed by atoms with Crippen molar-refractivity contribution in [3.63, 3.8) is 0 Å². The van der Waals surface area contributed by atoms with Gasteiger partial charge in [0.25, 0.3) is 0 Å². The van der Waals surface area contributed by atoms with Gasteiger partial charge >= 0.3 is 11.9 Å². The SMILES string of the molecule is CN(C)CC(c1ccc(O)cc1)C1(O)CCCCC1.O.O=C(O)/C=C/C(=O)O. The molecule has 1 aromatic carbocycles. The molecule has 0 spiro atoms. The van der Waals surface area contributed by atoms with Crippen LogP contribution in [0.2, 0.25) is 0 Å². The topological polar surface area (TPSA) is 150 Å². The molecule has 1 aliphatic rings. The summed E-state index contributed by atoms with van der Waals surface area (Å²) in [6.07, 6.45) is 6.33. The largest absolute Gasteiger partial charge is 0.508 e. The number of phenolic OH excluding ortho intramolecular Hbond substituents is 1. The molecular weight excluding hydrogens is 366 g/mol. The van der Waals surface area contributed by atoms with E-state index in [4.69, 9.17) is 10.2 Å². The fourth-order valence-electron chi connectivity index (χ4n) is 3.31. The molecule has 0 heterocycles. The molecule has 0 amide bonds. The zero-order valence-corrected chi connectivity index (χ0v) is 16.3. The molecule has 0 saturated heterocycles. The Morgan fingerprint density at radius 3 is 1.89 bits per heavy atom. The van der Waals surface area contributed by atoms with E-state index in [0.29, 0.717) is 12.2 Å². The first-order valence-electron chi connectivity index (χ1n) is 8.94. The Kier molecular flexibility index (Phi) is 11.1. The summed E-state index contributed by atoms with van der Waals surface area (Å²) in [5, 5.41) is 36.1. The van der Waals surface area contributed by atoms with Gasteiger partial charge in [0.2, 0.25) is 0 Å². The molecule has 158 valence electrons. The lowest BCUT2D eigenvalue weighted by atomic mass is 9.72. The minimum absolute atomic E-state index is 0. The Morgan fingerprint density at radius 1 is 1.04 bits per heavy atom. The number of rotatable bonds is 6. The predicted octanol–water partition coefficient (Wildman–Crippen LogP) is 1.62. The summed E-state index contributed by atoms with van der Waals surface area (Å²) in [5.41, 5.74) is 0.523. The first kappa shape index (κ1) is 25.6. The first-order chi connectivity index (χ1) is 12.6. The van der Waals surface area contributed by atoms with Gasteiger partial charge in [0, 0.05) is 24.6 Å². The lowest BCUT2D eigenvalue weighted by molar-refractivity contribution is -0.134. The average molecular weight is 397 g/mol. The van der Waals surface area contributed by atoms with Crippen LogP contribution in [0.5, 0.6) is 5.75 Å². The van der Waals surface area contributed by atoms with Crippen LogP contribution in [0.15, 0.2) is 36.4 Å². The minimum atomic E-state index is -1.26. The highest BCUT2D eigenvalue weighted by Gasteiger charge is 2.38. The maximum Gasteiger partial charge on any atom is 0.328 e. The van der Waals surface area contributed by atoms with Crippen LogP contribution < -0.4 is 0 Å². The number of hydrogen-bond acceptors (Lipinski definition) is 5. The Balaban J connectivity index is 0.000000694. The Hall–Kier alpha value is -2.42. The monoisotopic (exact) mass is 397 g/mol. The third-order valence-corrected chi connectivity index (χ3v) is 4.58. The van der Waals surface area contributed by atoms with E-state index >= 15 is 0 Å². The standard InChI is InChI=1S/C16H25NO2.C4H4O4.H2O/c1-17(2)12-15(13-6-8-14(18)9-7-13)16(19)10-4-3-5-11-16;5-3(6)1-2-4(7)8;/h6-9,15,18-19H,3-5,10-12H2,1-2H3;1-2H,(H,5,6)(H,7,8);1H2/b;2-1+;. The third-order valence-electron chi connectivity index (χ3n) is 4.58. The molecule has 0 radical (unpaired) electrons. The molecule has 1 aliphatic carbocycles. The number of aliphatic hydroxyl groups is 1. The van der Waals surface area contributed by atoms with Crippen molar-refractivity contribution in [2.24, 2.45) is 0 Å². The van der Waals surface area contributed by atoms with Crippen molar-refractivity contribution in [1.82, 2.24) is 4.90 Å². The Bertz CT molecular complexity index is 618. The van der Waals surface area contributed by atoms with Crippen LogP contribution in [-0.4, -0.2) is 69.0 Å². The second-order valence-corrected chi connectivity index (χ2v) is 7.08. The molecule has 1 atom stereocenters. The highest BCUT2D eigenvalue weighted by Crippen LogP contribution is 2.40. The summed E-state index contributed by atoms with van der Waals surface area (Å²) < 4.78 is 0. The second kappa shape index (κ2) is 12.1. The number of nitrogens with zero attached hydrogens (tertiary/aromatic N) is 1. The molecule has 1 aromatic rings. The van der Waals surface area contributed by atoms with Crippen LogP contribution >= 0.6 is 0 Å². The highest BCUT2D eigenvalue weighted by atomic mass is 16.4. The molecule has 1 fully saturated rings. The Labute approximate surface area is 165 Å². The normalized spacial score (nSPS) is 16.6. The maximum atomic E-state index is 11.0. The van der Waals surface area contributed by atoms with Crippen molar-refractivity contribution in [1.29, 1.82) is 0 Å². The van der Waals surface area contributed by atoms with Crippen LogP contribution in [-0.2, 0) is 9.59 Å². The summed E-state index contributed by atoms with van der Waals surface area (Å²) in [4.78, 5) is 21.2. The van der Waals surface area contributed by atoms with Crippen LogP contribution in [0.4, 0.5) is 0 Å². The van der Waals surface area contributed by atoms with Gasteiger partial charge < -0.3 is 30.8 Å². The number of hydrogen-bond donors (Lipinski definition) is 4. The van der Waals surface area contributed by atoms with E-state index in [1.54, 1.807) is 12.1 Å². The maximum absolute atomic E-state index is 11.0. The number of phenols is 1. The second-order valence-electron chi connectivity index (χ2n) is 7.08. The molecule has 0 bridgehead atoms. The van der Waals surface area contributed by atoms with Gasteiger partial charge in [-0.1, -0.05) is 31.4 Å². The molecule has 1 unspecified atom stereocenters. The van der Waals surface area contributed by atoms with E-state index in [9.17, 15) is 19.8 Å². The smallest absolute Gasteiger partial charge is 0.328 e. The number of benzene rings is 1. The average Bonchev–Trinajstić information content (AvgIpc) is 2.60. The predicted molar refractivity (Wildman–Crippen MR) is 105 cm³/mol. The lowest BCUT2D eigenvalue weighted by Gasteiger charge is -2.40.